The molecule has 0 saturated carbocycles. The molecule has 1 aliphatic heterocycles. The first kappa shape index (κ1) is 13.4. The quantitative estimate of drug-likeness (QED) is 0.790. The predicted octanol–water partition coefficient (Wildman–Crippen LogP) is -0.201. The van der Waals surface area contributed by atoms with Crippen LogP contribution in [0.4, 0.5) is 5.69 Å². The van der Waals surface area contributed by atoms with E-state index in [2.05, 4.69) is 0 Å². The maximum Gasteiger partial charge on any atom is 0.274 e. The van der Waals surface area contributed by atoms with Gasteiger partial charge in [0.1, 0.15) is 5.69 Å². The molecule has 1 aromatic heterocycles. The Morgan fingerprint density at radius 2 is 2.21 bits per heavy atom. The second-order valence-electron chi connectivity index (χ2n) is 4.61. The number of nitrogens with two attached hydrogens (primary N) is 1. The Labute approximate surface area is 110 Å². The lowest BCUT2D eigenvalue weighted by Gasteiger charge is -2.34. The number of rotatable bonds is 3. The Morgan fingerprint density at radius 3 is 2.84 bits per heavy atom. The van der Waals surface area contributed by atoms with Gasteiger partial charge in [-0.15, -0.1) is 0 Å². The summed E-state index contributed by atoms with van der Waals surface area (Å²) in [6.45, 7) is 3.19. The van der Waals surface area contributed by atoms with Crippen LogP contribution in [0.2, 0.25) is 0 Å². The van der Waals surface area contributed by atoms with Crippen molar-refractivity contribution in [1.82, 2.24) is 9.47 Å². The van der Waals surface area contributed by atoms with E-state index in [1.807, 2.05) is 6.92 Å². The number of hydrogen-bond donors (Lipinski definition) is 2. The van der Waals surface area contributed by atoms with Gasteiger partial charge in [0.2, 0.25) is 5.43 Å². The highest BCUT2D eigenvalue weighted by molar-refractivity contribution is 5.96. The number of hydrogen-bond acceptors (Lipinski definition) is 5. The minimum atomic E-state index is -0.708. The number of ether oxygens (including phenoxy) is 1. The van der Waals surface area contributed by atoms with Gasteiger partial charge in [0, 0.05) is 32.4 Å². The smallest absolute Gasteiger partial charge is 0.274 e. The number of nitrogen functional groups attached to an aromatic ring is 1. The van der Waals surface area contributed by atoms with Gasteiger partial charge < -0.3 is 25.0 Å². The van der Waals surface area contributed by atoms with Crippen LogP contribution in [0.3, 0.4) is 0 Å². The average Bonchev–Trinajstić information content (AvgIpc) is 2.38. The van der Waals surface area contributed by atoms with Crippen LogP contribution in [0.25, 0.3) is 0 Å². The highest BCUT2D eigenvalue weighted by atomic mass is 16.5. The molecule has 7 nitrogen and oxygen atoms in total. The van der Waals surface area contributed by atoms with E-state index in [-0.39, 0.29) is 23.3 Å². The van der Waals surface area contributed by atoms with Crippen molar-refractivity contribution in [3.8, 4) is 5.75 Å². The standard InChI is InChI=1S/C12H17N3O4/c1-7-5-14(3-4-19-2)12(18)9-11(17)10(16)8(13)6-15(7)9/h6-7,17H,3-5,13H2,1-2H3/t7-/m0/s1. The maximum absolute atomic E-state index is 12.3. The monoisotopic (exact) mass is 267 g/mol. The van der Waals surface area contributed by atoms with Crippen molar-refractivity contribution >= 4 is 11.6 Å². The minimum Gasteiger partial charge on any atom is -0.502 e. The lowest BCUT2D eigenvalue weighted by molar-refractivity contribution is 0.0602. The molecule has 1 aromatic rings. The Hall–Kier alpha value is -2.02. The highest BCUT2D eigenvalue weighted by Gasteiger charge is 2.32. The van der Waals surface area contributed by atoms with Gasteiger partial charge in [-0.2, -0.15) is 0 Å². The number of pyridine rings is 1. The van der Waals surface area contributed by atoms with E-state index in [0.717, 1.165) is 0 Å². The highest BCUT2D eigenvalue weighted by Crippen LogP contribution is 2.26. The van der Waals surface area contributed by atoms with E-state index in [1.165, 1.54) is 6.20 Å². The summed E-state index contributed by atoms with van der Waals surface area (Å²) in [5.74, 6) is -0.969. The number of aromatic hydroxyl groups is 1. The Morgan fingerprint density at radius 1 is 1.53 bits per heavy atom. The molecule has 19 heavy (non-hydrogen) atoms. The summed E-state index contributed by atoms with van der Waals surface area (Å²) in [5.41, 5.74) is 4.75. The van der Waals surface area contributed by atoms with Crippen LogP contribution < -0.4 is 11.2 Å². The van der Waals surface area contributed by atoms with Crippen molar-refractivity contribution in [3.05, 3.63) is 22.1 Å². The van der Waals surface area contributed by atoms with Gasteiger partial charge in [-0.25, -0.2) is 0 Å². The number of anilines is 1. The van der Waals surface area contributed by atoms with Crippen molar-refractivity contribution < 1.29 is 14.6 Å². The summed E-state index contributed by atoms with van der Waals surface area (Å²) in [5, 5.41) is 9.86. The molecule has 0 unspecified atom stereocenters. The van der Waals surface area contributed by atoms with Crippen molar-refractivity contribution in [3.63, 3.8) is 0 Å². The summed E-state index contributed by atoms with van der Waals surface area (Å²) in [7, 11) is 1.55. The van der Waals surface area contributed by atoms with Crippen molar-refractivity contribution in [2.45, 2.75) is 13.0 Å². The molecule has 1 aliphatic rings. The number of carbonyl (C=O) groups is 1. The first-order valence-corrected chi connectivity index (χ1v) is 5.99. The molecular formula is C12H17N3O4. The lowest BCUT2D eigenvalue weighted by Crippen LogP contribution is -2.45. The topological polar surface area (TPSA) is 97.8 Å². The Balaban J connectivity index is 2.49. The zero-order valence-corrected chi connectivity index (χ0v) is 10.9. The third-order valence-corrected chi connectivity index (χ3v) is 3.25. The van der Waals surface area contributed by atoms with Crippen LogP contribution in [-0.2, 0) is 4.74 Å². The molecule has 0 radical (unpaired) electrons. The zero-order chi connectivity index (χ0) is 14.2. The molecule has 2 heterocycles. The maximum atomic E-state index is 12.3. The molecule has 0 aliphatic carbocycles. The molecule has 0 spiro atoms. The molecule has 0 bridgehead atoms. The summed E-state index contributed by atoms with van der Waals surface area (Å²) < 4.78 is 6.50. The molecule has 7 heteroatoms. The molecule has 3 N–H and O–H groups in total. The fourth-order valence-electron chi connectivity index (χ4n) is 2.23. The molecule has 1 atom stereocenters. The van der Waals surface area contributed by atoms with Crippen LogP contribution in [0.15, 0.2) is 11.0 Å². The van der Waals surface area contributed by atoms with E-state index in [9.17, 15) is 14.7 Å². The molecule has 104 valence electrons. The number of carbonyl (C=O) groups excluding carboxylic acids is 1. The van der Waals surface area contributed by atoms with Gasteiger partial charge >= 0.3 is 0 Å². The number of amides is 1. The Kier molecular flexibility index (Phi) is 3.48. The van der Waals surface area contributed by atoms with Gasteiger partial charge in [-0.05, 0) is 6.92 Å². The molecule has 1 amide bonds. The second-order valence-corrected chi connectivity index (χ2v) is 4.61. The normalized spacial score (nSPS) is 18.5. The van der Waals surface area contributed by atoms with E-state index in [4.69, 9.17) is 10.5 Å². The Bertz CT molecular complexity index is 567. The van der Waals surface area contributed by atoms with E-state index in [1.54, 1.807) is 16.6 Å². The fourth-order valence-corrected chi connectivity index (χ4v) is 2.23. The SMILES string of the molecule is COCCN1C[C@H](C)n2cc(N)c(=O)c(O)c2C1=O. The average molecular weight is 267 g/mol. The van der Waals surface area contributed by atoms with Gasteiger partial charge in [0.05, 0.1) is 6.61 Å². The summed E-state index contributed by atoms with van der Waals surface area (Å²) >= 11 is 0. The largest absolute Gasteiger partial charge is 0.502 e. The number of methoxy groups -OCH3 is 1. The van der Waals surface area contributed by atoms with Crippen molar-refractivity contribution in [2.24, 2.45) is 0 Å². The molecule has 0 fully saturated rings. The first-order chi connectivity index (χ1) is 8.97. The van der Waals surface area contributed by atoms with E-state index in [0.29, 0.717) is 19.7 Å². The zero-order valence-electron chi connectivity index (χ0n) is 10.9. The van der Waals surface area contributed by atoms with Gasteiger partial charge in [-0.3, -0.25) is 9.59 Å². The number of nitrogens with zero attached hydrogens (tertiary/aromatic N) is 2. The summed E-state index contributed by atoms with van der Waals surface area (Å²) in [6.07, 6.45) is 1.41. The number of aromatic nitrogens is 1. The van der Waals surface area contributed by atoms with Crippen LogP contribution in [0.1, 0.15) is 23.5 Å². The van der Waals surface area contributed by atoms with Crippen molar-refractivity contribution in [2.75, 3.05) is 32.5 Å². The predicted molar refractivity (Wildman–Crippen MR) is 69.3 cm³/mol. The fraction of sp³-hybridized carbons (Fsp3) is 0.500. The third kappa shape index (κ3) is 2.17. The second kappa shape index (κ2) is 4.93. The molecule has 0 aromatic carbocycles. The van der Waals surface area contributed by atoms with Gasteiger partial charge in [-0.1, -0.05) is 0 Å². The first-order valence-electron chi connectivity index (χ1n) is 5.99. The van der Waals surface area contributed by atoms with E-state index < -0.39 is 11.2 Å². The van der Waals surface area contributed by atoms with Gasteiger partial charge in [0.15, 0.2) is 11.4 Å². The molecule has 2 rings (SSSR count). The van der Waals surface area contributed by atoms with Crippen LogP contribution >= 0.6 is 0 Å². The van der Waals surface area contributed by atoms with Crippen molar-refractivity contribution in [1.29, 1.82) is 0 Å². The van der Waals surface area contributed by atoms with Crippen LogP contribution in [0.5, 0.6) is 5.75 Å². The van der Waals surface area contributed by atoms with Crippen LogP contribution in [0, 0.1) is 0 Å². The van der Waals surface area contributed by atoms with Gasteiger partial charge in [0.25, 0.3) is 5.91 Å². The minimum absolute atomic E-state index is 0.00551. The number of fused-ring (bicyclic) bond motifs is 1. The third-order valence-electron chi connectivity index (χ3n) is 3.25. The summed E-state index contributed by atoms with van der Waals surface area (Å²) in [4.78, 5) is 25.4. The van der Waals surface area contributed by atoms with Crippen LogP contribution in [-0.4, -0.2) is 47.3 Å². The molecular weight excluding hydrogens is 250 g/mol. The molecule has 0 saturated heterocycles. The summed E-state index contributed by atoms with van der Waals surface area (Å²) in [6, 6.07) is -0.0710. The lowest BCUT2D eigenvalue weighted by atomic mass is 10.1. The van der Waals surface area contributed by atoms with E-state index >= 15 is 0 Å².